The summed E-state index contributed by atoms with van der Waals surface area (Å²) in [5.41, 5.74) is 16.2. The Bertz CT molecular complexity index is 1010. The summed E-state index contributed by atoms with van der Waals surface area (Å²) in [7, 11) is 0. The lowest BCUT2D eigenvalue weighted by atomic mass is 9.94. The predicted octanol–water partition coefficient (Wildman–Crippen LogP) is 2.42. The van der Waals surface area contributed by atoms with Crippen molar-refractivity contribution in [3.05, 3.63) is 81.5 Å². The van der Waals surface area contributed by atoms with Crippen molar-refractivity contribution in [1.29, 1.82) is 0 Å². The van der Waals surface area contributed by atoms with E-state index in [-0.39, 0.29) is 23.4 Å². The van der Waals surface area contributed by atoms with Crippen LogP contribution in [-0.4, -0.2) is 41.5 Å². The van der Waals surface area contributed by atoms with Gasteiger partial charge in [-0.25, -0.2) is 10.2 Å². The average molecular weight is 427 g/mol. The third kappa shape index (κ3) is 3.79. The van der Waals surface area contributed by atoms with E-state index in [1.807, 2.05) is 23.1 Å². The topological polar surface area (TPSA) is 108 Å². The molecular weight excluding hydrogens is 404 g/mol. The van der Waals surface area contributed by atoms with Crippen molar-refractivity contribution in [2.45, 2.75) is 18.4 Å². The molecule has 0 saturated carbocycles. The molecule has 2 aliphatic rings. The minimum Gasteiger partial charge on any atom is -0.478 e. The SMILES string of the molecule is NCCC(C(=O)N1CC2=C(C1)C(c1ccc(C(=O)O)cc1)NN2)c1ccccc1Cl. The van der Waals surface area contributed by atoms with Gasteiger partial charge < -0.3 is 21.2 Å². The van der Waals surface area contributed by atoms with Gasteiger partial charge in [0, 0.05) is 17.3 Å². The third-order valence-electron chi connectivity index (χ3n) is 5.65. The second kappa shape index (κ2) is 8.47. The zero-order valence-electron chi connectivity index (χ0n) is 16.3. The molecule has 1 amide bonds. The van der Waals surface area contributed by atoms with E-state index in [0.29, 0.717) is 31.1 Å². The molecule has 8 heteroatoms. The van der Waals surface area contributed by atoms with E-state index in [9.17, 15) is 9.59 Å². The van der Waals surface area contributed by atoms with Crippen LogP contribution in [0.3, 0.4) is 0 Å². The molecule has 2 aliphatic heterocycles. The number of amides is 1. The van der Waals surface area contributed by atoms with Crippen molar-refractivity contribution < 1.29 is 14.7 Å². The molecule has 0 fully saturated rings. The van der Waals surface area contributed by atoms with Crippen LogP contribution in [-0.2, 0) is 4.79 Å². The molecule has 2 unspecified atom stereocenters. The second-order valence-electron chi connectivity index (χ2n) is 7.48. The lowest BCUT2D eigenvalue weighted by Crippen LogP contribution is -2.40. The molecule has 2 atom stereocenters. The molecule has 0 spiro atoms. The number of carbonyl (C=O) groups is 2. The number of carboxylic acids is 1. The van der Waals surface area contributed by atoms with Gasteiger partial charge in [-0.3, -0.25) is 4.79 Å². The summed E-state index contributed by atoms with van der Waals surface area (Å²) in [5.74, 6) is -1.34. The first kappa shape index (κ1) is 20.4. The van der Waals surface area contributed by atoms with Crippen LogP contribution in [0, 0.1) is 0 Å². The number of carboxylic acid groups (broad SMARTS) is 1. The monoisotopic (exact) mass is 426 g/mol. The fraction of sp³-hybridized carbons (Fsp3) is 0.273. The molecule has 156 valence electrons. The van der Waals surface area contributed by atoms with Gasteiger partial charge in [0.05, 0.1) is 24.1 Å². The number of benzene rings is 2. The van der Waals surface area contributed by atoms with Crippen LogP contribution in [0.4, 0.5) is 0 Å². The summed E-state index contributed by atoms with van der Waals surface area (Å²) < 4.78 is 0. The number of nitrogens with zero attached hydrogens (tertiary/aromatic N) is 1. The Hall–Kier alpha value is -2.87. The first-order valence-corrected chi connectivity index (χ1v) is 10.2. The number of nitrogens with one attached hydrogen (secondary N) is 2. The molecule has 30 heavy (non-hydrogen) atoms. The summed E-state index contributed by atoms with van der Waals surface area (Å²) >= 11 is 6.35. The Morgan fingerprint density at radius 2 is 1.90 bits per heavy atom. The molecular formula is C22H23ClN4O3. The van der Waals surface area contributed by atoms with Crippen molar-refractivity contribution in [3.8, 4) is 0 Å². The van der Waals surface area contributed by atoms with Gasteiger partial charge in [0.1, 0.15) is 0 Å². The molecule has 0 aromatic heterocycles. The summed E-state index contributed by atoms with van der Waals surface area (Å²) in [6.07, 6.45) is 0.523. The van der Waals surface area contributed by atoms with E-state index < -0.39 is 5.97 Å². The Morgan fingerprint density at radius 1 is 1.17 bits per heavy atom. The first-order valence-electron chi connectivity index (χ1n) is 9.79. The quantitative estimate of drug-likeness (QED) is 0.565. The summed E-state index contributed by atoms with van der Waals surface area (Å²) in [6.45, 7) is 1.36. The molecule has 4 rings (SSSR count). The molecule has 0 saturated heterocycles. The highest BCUT2D eigenvalue weighted by Gasteiger charge is 2.37. The number of rotatable bonds is 6. The van der Waals surface area contributed by atoms with Crippen LogP contribution in [0.5, 0.6) is 0 Å². The minimum atomic E-state index is -0.956. The van der Waals surface area contributed by atoms with Crippen molar-refractivity contribution in [3.63, 3.8) is 0 Å². The van der Waals surface area contributed by atoms with E-state index in [1.165, 1.54) is 0 Å². The maximum absolute atomic E-state index is 13.4. The fourth-order valence-corrected chi connectivity index (χ4v) is 4.36. The molecule has 2 heterocycles. The fourth-order valence-electron chi connectivity index (χ4n) is 4.10. The van der Waals surface area contributed by atoms with Crippen molar-refractivity contribution in [2.75, 3.05) is 19.6 Å². The number of hydrazine groups is 1. The Morgan fingerprint density at radius 3 is 2.57 bits per heavy atom. The molecule has 0 radical (unpaired) electrons. The minimum absolute atomic E-state index is 0.00438. The van der Waals surface area contributed by atoms with E-state index in [0.717, 1.165) is 22.4 Å². The standard InChI is InChI=1S/C22H23ClN4O3/c23-18-4-2-1-3-15(18)16(9-10-24)21(28)27-11-17-19(12-27)25-26-20(17)13-5-7-14(8-6-13)22(29)30/h1-8,16,20,25-26H,9-12,24H2,(H,29,30). The van der Waals surface area contributed by atoms with Gasteiger partial charge in [0.15, 0.2) is 0 Å². The van der Waals surface area contributed by atoms with Gasteiger partial charge in [-0.2, -0.15) is 0 Å². The van der Waals surface area contributed by atoms with Crippen LogP contribution < -0.4 is 16.6 Å². The number of carbonyl (C=O) groups excluding carboxylic acids is 1. The van der Waals surface area contributed by atoms with Crippen LogP contribution in [0.15, 0.2) is 59.8 Å². The van der Waals surface area contributed by atoms with Crippen LogP contribution >= 0.6 is 11.6 Å². The highest BCUT2D eigenvalue weighted by Crippen LogP contribution is 2.35. The molecule has 0 bridgehead atoms. The van der Waals surface area contributed by atoms with Crippen LogP contribution in [0.1, 0.15) is 39.9 Å². The number of aromatic carboxylic acids is 1. The highest BCUT2D eigenvalue weighted by molar-refractivity contribution is 6.31. The Balaban J connectivity index is 1.52. The largest absolute Gasteiger partial charge is 0.478 e. The first-order chi connectivity index (χ1) is 14.5. The molecule has 5 N–H and O–H groups in total. The molecule has 2 aromatic carbocycles. The lowest BCUT2D eigenvalue weighted by Gasteiger charge is -2.26. The summed E-state index contributed by atoms with van der Waals surface area (Å²) in [5, 5.41) is 9.67. The van der Waals surface area contributed by atoms with Gasteiger partial charge in [0.25, 0.3) is 0 Å². The zero-order valence-corrected chi connectivity index (χ0v) is 17.0. The van der Waals surface area contributed by atoms with Gasteiger partial charge >= 0.3 is 5.97 Å². The Kier molecular flexibility index (Phi) is 5.76. The van der Waals surface area contributed by atoms with Crippen LogP contribution in [0.25, 0.3) is 0 Å². The van der Waals surface area contributed by atoms with E-state index in [2.05, 4.69) is 10.9 Å². The summed E-state index contributed by atoms with van der Waals surface area (Å²) in [4.78, 5) is 26.3. The smallest absolute Gasteiger partial charge is 0.335 e. The molecule has 0 aliphatic carbocycles. The maximum Gasteiger partial charge on any atom is 0.335 e. The number of nitrogens with two attached hydrogens (primary N) is 1. The summed E-state index contributed by atoms with van der Waals surface area (Å²) in [6, 6.07) is 14.0. The average Bonchev–Trinajstić information content (AvgIpc) is 3.33. The van der Waals surface area contributed by atoms with Crippen molar-refractivity contribution in [1.82, 2.24) is 15.8 Å². The van der Waals surface area contributed by atoms with E-state index >= 15 is 0 Å². The Labute approximate surface area is 179 Å². The maximum atomic E-state index is 13.4. The third-order valence-corrected chi connectivity index (χ3v) is 5.99. The van der Waals surface area contributed by atoms with Crippen molar-refractivity contribution >= 4 is 23.5 Å². The van der Waals surface area contributed by atoms with Gasteiger partial charge in [-0.1, -0.05) is 41.9 Å². The number of hydrogen-bond donors (Lipinski definition) is 4. The van der Waals surface area contributed by atoms with Gasteiger partial charge in [-0.15, -0.1) is 0 Å². The number of halogens is 1. The van der Waals surface area contributed by atoms with E-state index in [4.69, 9.17) is 22.4 Å². The normalized spacial score (nSPS) is 18.9. The highest BCUT2D eigenvalue weighted by atomic mass is 35.5. The van der Waals surface area contributed by atoms with Gasteiger partial charge in [0.2, 0.25) is 5.91 Å². The zero-order chi connectivity index (χ0) is 21.3. The van der Waals surface area contributed by atoms with E-state index in [1.54, 1.807) is 30.3 Å². The molecule has 2 aromatic rings. The second-order valence-corrected chi connectivity index (χ2v) is 7.89. The van der Waals surface area contributed by atoms with Gasteiger partial charge in [-0.05, 0) is 47.9 Å². The van der Waals surface area contributed by atoms with Crippen molar-refractivity contribution in [2.24, 2.45) is 5.73 Å². The van der Waals surface area contributed by atoms with Crippen LogP contribution in [0.2, 0.25) is 5.02 Å². The predicted molar refractivity (Wildman–Crippen MR) is 114 cm³/mol. The lowest BCUT2D eigenvalue weighted by molar-refractivity contribution is -0.131. The number of hydrogen-bond acceptors (Lipinski definition) is 5. The molecule has 7 nitrogen and oxygen atoms in total.